The molecule has 1 aromatic carbocycles. The Hall–Kier alpha value is -2.19. The summed E-state index contributed by atoms with van der Waals surface area (Å²) in [6.07, 6.45) is 2.31. The fourth-order valence-electron chi connectivity index (χ4n) is 1.30. The average Bonchev–Trinajstić information content (AvgIpc) is 2.43. The number of rotatable bonds is 5. The number of hydrogen-bond acceptors (Lipinski definition) is 4. The second kappa shape index (κ2) is 7.41. The van der Waals surface area contributed by atoms with Crippen LogP contribution in [0.25, 0.3) is 0 Å². The van der Waals surface area contributed by atoms with E-state index in [1.165, 1.54) is 12.3 Å². The Morgan fingerprint density at radius 3 is 2.85 bits per heavy atom. The van der Waals surface area contributed by atoms with Gasteiger partial charge >= 0.3 is 0 Å². The van der Waals surface area contributed by atoms with E-state index in [0.29, 0.717) is 16.4 Å². The lowest BCUT2D eigenvalue weighted by Gasteiger charge is -2.09. The van der Waals surface area contributed by atoms with Crippen LogP contribution in [-0.4, -0.2) is 11.9 Å². The summed E-state index contributed by atoms with van der Waals surface area (Å²) >= 11 is 5.86. The van der Waals surface area contributed by atoms with Gasteiger partial charge in [0.15, 0.2) is 0 Å². The van der Waals surface area contributed by atoms with Crippen molar-refractivity contribution in [1.29, 1.82) is 5.26 Å². The van der Waals surface area contributed by atoms with Crippen molar-refractivity contribution in [2.75, 3.05) is 11.1 Å². The number of anilines is 2. The lowest BCUT2D eigenvalue weighted by molar-refractivity contribution is -0.112. The van der Waals surface area contributed by atoms with Crippen LogP contribution >= 0.6 is 11.6 Å². The molecule has 0 spiro atoms. The maximum absolute atomic E-state index is 11.9. The second-order valence-electron chi connectivity index (χ2n) is 4.34. The van der Waals surface area contributed by atoms with Crippen LogP contribution in [0.5, 0.6) is 0 Å². The molecule has 0 heterocycles. The summed E-state index contributed by atoms with van der Waals surface area (Å²) in [5.41, 5.74) is 6.50. The maximum atomic E-state index is 11.9. The van der Waals surface area contributed by atoms with Crippen molar-refractivity contribution in [2.24, 2.45) is 0 Å². The Morgan fingerprint density at radius 1 is 1.60 bits per heavy atom. The zero-order valence-electron chi connectivity index (χ0n) is 11.4. The van der Waals surface area contributed by atoms with Crippen molar-refractivity contribution in [3.05, 3.63) is 35.0 Å². The second-order valence-corrected chi connectivity index (χ2v) is 4.74. The van der Waals surface area contributed by atoms with Crippen LogP contribution in [-0.2, 0) is 4.79 Å². The standard InChI is InChI=1S/C14H17ClN4O/c1-3-9(2)18-8-10(7-16)14(20)19-11-4-5-13(17)12(15)6-11/h4-6,8-9,18H,3,17H2,1-2H3,(H,19,20)/b10-8-. The van der Waals surface area contributed by atoms with Gasteiger partial charge in [0.1, 0.15) is 11.6 Å². The summed E-state index contributed by atoms with van der Waals surface area (Å²) in [6, 6.07) is 6.79. The van der Waals surface area contributed by atoms with Gasteiger partial charge in [-0.1, -0.05) is 18.5 Å². The molecule has 1 amide bonds. The molecular weight excluding hydrogens is 276 g/mol. The summed E-state index contributed by atoms with van der Waals surface area (Å²) in [6.45, 7) is 3.97. The van der Waals surface area contributed by atoms with Crippen molar-refractivity contribution in [3.8, 4) is 6.07 Å². The minimum absolute atomic E-state index is 0.00162. The largest absolute Gasteiger partial charge is 0.398 e. The summed E-state index contributed by atoms with van der Waals surface area (Å²) in [4.78, 5) is 11.9. The lowest BCUT2D eigenvalue weighted by Crippen LogP contribution is -2.22. The predicted octanol–water partition coefficient (Wildman–Crippen LogP) is 2.66. The molecule has 0 saturated heterocycles. The quantitative estimate of drug-likeness (QED) is 0.442. The Morgan fingerprint density at radius 2 is 2.30 bits per heavy atom. The molecule has 20 heavy (non-hydrogen) atoms. The van der Waals surface area contributed by atoms with Gasteiger partial charge in [-0.2, -0.15) is 5.26 Å². The van der Waals surface area contributed by atoms with E-state index in [1.807, 2.05) is 19.9 Å². The molecule has 0 aliphatic heterocycles. The third-order valence-electron chi connectivity index (χ3n) is 2.75. The topological polar surface area (TPSA) is 90.9 Å². The van der Waals surface area contributed by atoms with Crippen molar-refractivity contribution in [1.82, 2.24) is 5.32 Å². The van der Waals surface area contributed by atoms with Crippen LogP contribution in [0.3, 0.4) is 0 Å². The normalized spacial score (nSPS) is 12.4. The Bertz CT molecular complexity index is 563. The van der Waals surface area contributed by atoms with Crippen molar-refractivity contribution in [2.45, 2.75) is 26.3 Å². The Labute approximate surface area is 123 Å². The monoisotopic (exact) mass is 292 g/mol. The first kappa shape index (κ1) is 15.9. The van der Waals surface area contributed by atoms with Crippen LogP contribution in [0.2, 0.25) is 5.02 Å². The third-order valence-corrected chi connectivity index (χ3v) is 3.08. The predicted molar refractivity (Wildman–Crippen MR) is 81.1 cm³/mol. The molecular formula is C14H17ClN4O. The Kier molecular flexibility index (Phi) is 5.88. The zero-order valence-corrected chi connectivity index (χ0v) is 12.2. The molecule has 0 radical (unpaired) electrons. The number of nitrogens with two attached hydrogens (primary N) is 1. The van der Waals surface area contributed by atoms with E-state index in [-0.39, 0.29) is 11.6 Å². The van der Waals surface area contributed by atoms with E-state index in [0.717, 1.165) is 6.42 Å². The zero-order chi connectivity index (χ0) is 15.1. The maximum Gasteiger partial charge on any atom is 0.267 e. The molecule has 0 bridgehead atoms. The minimum Gasteiger partial charge on any atom is -0.398 e. The number of amides is 1. The first-order valence-corrected chi connectivity index (χ1v) is 6.58. The van der Waals surface area contributed by atoms with E-state index < -0.39 is 5.91 Å². The van der Waals surface area contributed by atoms with Gasteiger partial charge in [0.2, 0.25) is 0 Å². The number of carbonyl (C=O) groups excluding carboxylic acids is 1. The van der Waals surface area contributed by atoms with Crippen molar-refractivity contribution >= 4 is 28.9 Å². The average molecular weight is 293 g/mol. The van der Waals surface area contributed by atoms with Crippen LogP contribution in [0.15, 0.2) is 30.0 Å². The fourth-order valence-corrected chi connectivity index (χ4v) is 1.48. The number of nitrogens with one attached hydrogen (secondary N) is 2. The molecule has 0 aromatic heterocycles. The SMILES string of the molecule is CCC(C)N/C=C(/C#N)C(=O)Nc1ccc(N)c(Cl)c1. The number of carbonyl (C=O) groups is 1. The number of nitriles is 1. The third kappa shape index (κ3) is 4.48. The molecule has 106 valence electrons. The van der Waals surface area contributed by atoms with Gasteiger partial charge in [-0.15, -0.1) is 0 Å². The molecule has 5 nitrogen and oxygen atoms in total. The molecule has 4 N–H and O–H groups in total. The van der Waals surface area contributed by atoms with Gasteiger partial charge in [0.25, 0.3) is 5.91 Å². The summed E-state index contributed by atoms with van der Waals surface area (Å²) in [5, 5.41) is 14.9. The fraction of sp³-hybridized carbons (Fsp3) is 0.286. The van der Waals surface area contributed by atoms with Crippen molar-refractivity contribution in [3.63, 3.8) is 0 Å². The highest BCUT2D eigenvalue weighted by Crippen LogP contribution is 2.22. The first-order chi connectivity index (χ1) is 9.47. The molecule has 1 unspecified atom stereocenters. The van der Waals surface area contributed by atoms with E-state index >= 15 is 0 Å². The summed E-state index contributed by atoms with van der Waals surface area (Å²) < 4.78 is 0. The van der Waals surface area contributed by atoms with Crippen LogP contribution < -0.4 is 16.4 Å². The van der Waals surface area contributed by atoms with E-state index in [2.05, 4.69) is 10.6 Å². The van der Waals surface area contributed by atoms with Gasteiger partial charge in [-0.3, -0.25) is 4.79 Å². The Balaban J connectivity index is 2.77. The molecule has 1 atom stereocenters. The highest BCUT2D eigenvalue weighted by Gasteiger charge is 2.10. The van der Waals surface area contributed by atoms with E-state index in [1.54, 1.807) is 12.1 Å². The lowest BCUT2D eigenvalue weighted by atomic mass is 10.2. The number of hydrogen-bond donors (Lipinski definition) is 3. The molecule has 0 aliphatic carbocycles. The molecule has 0 saturated carbocycles. The van der Waals surface area contributed by atoms with E-state index in [4.69, 9.17) is 22.6 Å². The number of halogens is 1. The van der Waals surface area contributed by atoms with Gasteiger partial charge in [0, 0.05) is 17.9 Å². The highest BCUT2D eigenvalue weighted by molar-refractivity contribution is 6.33. The number of nitrogens with zero attached hydrogens (tertiary/aromatic N) is 1. The minimum atomic E-state index is -0.496. The van der Waals surface area contributed by atoms with Gasteiger partial charge in [0.05, 0.1) is 10.7 Å². The van der Waals surface area contributed by atoms with E-state index in [9.17, 15) is 4.79 Å². The van der Waals surface area contributed by atoms with Crippen LogP contribution in [0.4, 0.5) is 11.4 Å². The highest BCUT2D eigenvalue weighted by atomic mass is 35.5. The molecule has 1 rings (SSSR count). The van der Waals surface area contributed by atoms with Gasteiger partial charge in [-0.05, 0) is 31.5 Å². The molecule has 0 aliphatic rings. The first-order valence-electron chi connectivity index (χ1n) is 6.20. The number of benzene rings is 1. The van der Waals surface area contributed by atoms with Crippen LogP contribution in [0, 0.1) is 11.3 Å². The summed E-state index contributed by atoms with van der Waals surface area (Å²) in [5.74, 6) is -0.496. The van der Waals surface area contributed by atoms with Crippen molar-refractivity contribution < 1.29 is 4.79 Å². The number of nitrogen functional groups attached to an aromatic ring is 1. The molecule has 6 heteroatoms. The summed E-state index contributed by atoms with van der Waals surface area (Å²) in [7, 11) is 0. The van der Waals surface area contributed by atoms with Gasteiger partial charge < -0.3 is 16.4 Å². The molecule has 0 fully saturated rings. The van der Waals surface area contributed by atoms with Crippen LogP contribution in [0.1, 0.15) is 20.3 Å². The molecule has 1 aromatic rings. The van der Waals surface area contributed by atoms with Gasteiger partial charge in [-0.25, -0.2) is 0 Å². The smallest absolute Gasteiger partial charge is 0.267 e.